The van der Waals surface area contributed by atoms with Gasteiger partial charge in [0.1, 0.15) is 5.69 Å². The number of carbonyl (C=O) groups is 3. The van der Waals surface area contributed by atoms with E-state index < -0.39 is 17.8 Å². The highest BCUT2D eigenvalue weighted by atomic mass is 35.5. The fraction of sp³-hybridized carbons (Fsp3) is 0.0909. The molecule has 2 N–H and O–H groups in total. The Kier molecular flexibility index (Phi) is 9.36. The normalized spacial score (nSPS) is 11.0. The molecule has 0 saturated heterocycles. The van der Waals surface area contributed by atoms with E-state index in [-0.39, 0.29) is 34.3 Å². The number of hydrazone groups is 1. The molecule has 10 nitrogen and oxygen atoms in total. The lowest BCUT2D eigenvalue weighted by Gasteiger charge is -2.12. The number of halogens is 2. The molecular formula is C33H25Cl2N3O7. The summed E-state index contributed by atoms with van der Waals surface area (Å²) >= 11 is 12.9. The number of methoxy groups -OCH3 is 2. The molecule has 0 spiro atoms. The number of para-hydroxylation sites is 1. The van der Waals surface area contributed by atoms with Crippen molar-refractivity contribution >= 4 is 58.2 Å². The molecule has 12 heteroatoms. The smallest absolute Gasteiger partial charge is 0.343 e. The van der Waals surface area contributed by atoms with Gasteiger partial charge in [0.05, 0.1) is 36.5 Å². The molecule has 5 rings (SSSR count). The van der Waals surface area contributed by atoms with Crippen LogP contribution in [0, 0.1) is 0 Å². The summed E-state index contributed by atoms with van der Waals surface area (Å²) in [6, 6.07) is 21.6. The molecule has 4 aromatic carbocycles. The molecule has 1 amide bonds. The van der Waals surface area contributed by atoms with Gasteiger partial charge in [-0.15, -0.1) is 0 Å². The summed E-state index contributed by atoms with van der Waals surface area (Å²) in [6.45, 7) is 1.26. The van der Waals surface area contributed by atoms with Crippen molar-refractivity contribution < 1.29 is 33.3 Å². The second-order valence-corrected chi connectivity index (χ2v) is 10.3. The highest BCUT2D eigenvalue weighted by Crippen LogP contribution is 2.38. The van der Waals surface area contributed by atoms with E-state index in [0.29, 0.717) is 32.3 Å². The molecule has 45 heavy (non-hydrogen) atoms. The lowest BCUT2D eigenvalue weighted by molar-refractivity contribution is -0.132. The first-order chi connectivity index (χ1) is 21.7. The fourth-order valence-electron chi connectivity index (χ4n) is 4.56. The van der Waals surface area contributed by atoms with Crippen molar-refractivity contribution in [3.05, 3.63) is 106 Å². The zero-order valence-corrected chi connectivity index (χ0v) is 25.7. The van der Waals surface area contributed by atoms with Crippen molar-refractivity contribution in [2.45, 2.75) is 6.92 Å². The zero-order valence-electron chi connectivity index (χ0n) is 24.1. The molecule has 0 unspecified atom stereocenters. The number of benzene rings is 4. The number of esters is 2. The molecule has 1 aromatic heterocycles. The summed E-state index contributed by atoms with van der Waals surface area (Å²) in [7, 11) is 2.81. The van der Waals surface area contributed by atoms with E-state index in [1.54, 1.807) is 36.4 Å². The third-order valence-corrected chi connectivity index (χ3v) is 7.22. The van der Waals surface area contributed by atoms with Gasteiger partial charge in [-0.05, 0) is 54.1 Å². The van der Waals surface area contributed by atoms with Gasteiger partial charge in [-0.1, -0.05) is 53.5 Å². The molecule has 5 aromatic rings. The third-order valence-electron chi connectivity index (χ3n) is 6.58. The van der Waals surface area contributed by atoms with Gasteiger partial charge in [-0.2, -0.15) is 5.10 Å². The molecule has 0 saturated carbocycles. The van der Waals surface area contributed by atoms with Crippen molar-refractivity contribution in [3.8, 4) is 34.1 Å². The maximum Gasteiger partial charge on any atom is 0.343 e. The number of amides is 1. The largest absolute Gasteiger partial charge is 0.493 e. The Morgan fingerprint density at radius 1 is 0.800 bits per heavy atom. The van der Waals surface area contributed by atoms with E-state index in [0.717, 1.165) is 5.39 Å². The molecule has 0 fully saturated rings. The minimum absolute atomic E-state index is 0.144. The first-order valence-electron chi connectivity index (χ1n) is 13.3. The van der Waals surface area contributed by atoms with Gasteiger partial charge in [0.25, 0.3) is 5.91 Å². The quantitative estimate of drug-likeness (QED) is 0.0759. The highest BCUT2D eigenvalue weighted by molar-refractivity contribution is 6.37. The predicted molar refractivity (Wildman–Crippen MR) is 171 cm³/mol. The van der Waals surface area contributed by atoms with Gasteiger partial charge in [-0.25, -0.2) is 10.2 Å². The average molecular weight is 646 g/mol. The van der Waals surface area contributed by atoms with E-state index in [4.69, 9.17) is 42.1 Å². The van der Waals surface area contributed by atoms with Crippen LogP contribution in [0.3, 0.4) is 0 Å². The van der Waals surface area contributed by atoms with Crippen LogP contribution in [0.15, 0.2) is 84.0 Å². The standard InChI is InChI=1S/C33H25Cl2N3O7/c1-18(39)44-25-14-12-20(16-28(25)43-3)33(41)45-26-13-11-19(15-27(26)42-2)17-36-38-32(40)31-29(21-7-4-5-9-23(21)34)22-8-6-10-24(35)30(22)37-31/h4-17,37H,1-3H3,(H,38,40). The van der Waals surface area contributed by atoms with Gasteiger partial charge < -0.3 is 23.9 Å². The first kappa shape index (κ1) is 31.1. The number of rotatable bonds is 9. The summed E-state index contributed by atoms with van der Waals surface area (Å²) in [4.78, 5) is 40.6. The SMILES string of the molecule is COc1cc(C(=O)Oc2ccc(C=NNC(=O)c3[nH]c4c(Cl)cccc4c3-c3ccccc3Cl)cc2OC)ccc1OC(C)=O. The monoisotopic (exact) mass is 645 g/mol. The second kappa shape index (κ2) is 13.5. The Bertz CT molecular complexity index is 1970. The van der Waals surface area contributed by atoms with Crippen molar-refractivity contribution in [3.63, 3.8) is 0 Å². The van der Waals surface area contributed by atoms with E-state index in [1.165, 1.54) is 51.6 Å². The maximum atomic E-state index is 13.3. The van der Waals surface area contributed by atoms with Crippen LogP contribution < -0.4 is 24.4 Å². The van der Waals surface area contributed by atoms with Crippen molar-refractivity contribution in [1.29, 1.82) is 0 Å². The lowest BCUT2D eigenvalue weighted by Crippen LogP contribution is -2.19. The zero-order chi connectivity index (χ0) is 32.1. The Balaban J connectivity index is 1.34. The lowest BCUT2D eigenvalue weighted by atomic mass is 10.0. The van der Waals surface area contributed by atoms with E-state index in [1.807, 2.05) is 18.2 Å². The van der Waals surface area contributed by atoms with E-state index >= 15 is 0 Å². The minimum atomic E-state index is -0.692. The van der Waals surface area contributed by atoms with E-state index in [9.17, 15) is 14.4 Å². The number of fused-ring (bicyclic) bond motifs is 1. The summed E-state index contributed by atoms with van der Waals surface area (Å²) in [6.07, 6.45) is 1.41. The van der Waals surface area contributed by atoms with Crippen molar-refractivity contribution in [2.24, 2.45) is 5.10 Å². The van der Waals surface area contributed by atoms with Gasteiger partial charge in [0.2, 0.25) is 0 Å². The van der Waals surface area contributed by atoms with E-state index in [2.05, 4.69) is 15.5 Å². The molecule has 0 aliphatic carbocycles. The Hall–Kier alpha value is -5.32. The Morgan fingerprint density at radius 3 is 2.22 bits per heavy atom. The van der Waals surface area contributed by atoms with Crippen LogP contribution in [0.5, 0.6) is 23.0 Å². The number of H-pyrrole nitrogens is 1. The molecule has 0 aliphatic heterocycles. The van der Waals surface area contributed by atoms with Crippen LogP contribution in [0.2, 0.25) is 10.0 Å². The number of nitrogens with one attached hydrogen (secondary N) is 2. The van der Waals surface area contributed by atoms with Gasteiger partial charge in [0.15, 0.2) is 23.0 Å². The van der Waals surface area contributed by atoms with Gasteiger partial charge >= 0.3 is 11.9 Å². The summed E-state index contributed by atoms with van der Waals surface area (Å²) in [5.41, 5.74) is 5.33. The first-order valence-corrected chi connectivity index (χ1v) is 14.1. The van der Waals surface area contributed by atoms with Crippen LogP contribution in [-0.4, -0.2) is 43.3 Å². The number of ether oxygens (including phenoxy) is 4. The highest BCUT2D eigenvalue weighted by Gasteiger charge is 2.22. The summed E-state index contributed by atoms with van der Waals surface area (Å²) in [5, 5.41) is 5.77. The number of hydrogen-bond donors (Lipinski definition) is 2. The number of aromatic nitrogens is 1. The predicted octanol–water partition coefficient (Wildman–Crippen LogP) is 7.07. The molecule has 1 heterocycles. The van der Waals surface area contributed by atoms with Crippen molar-refractivity contribution in [1.82, 2.24) is 10.4 Å². The third kappa shape index (κ3) is 6.77. The molecule has 0 atom stereocenters. The van der Waals surface area contributed by atoms with Crippen LogP contribution in [0.25, 0.3) is 22.0 Å². The van der Waals surface area contributed by atoms with Crippen LogP contribution in [-0.2, 0) is 4.79 Å². The van der Waals surface area contributed by atoms with Crippen molar-refractivity contribution in [2.75, 3.05) is 14.2 Å². The maximum absolute atomic E-state index is 13.3. The Labute approximate surface area is 267 Å². The van der Waals surface area contributed by atoms with Crippen LogP contribution in [0.4, 0.5) is 0 Å². The molecule has 0 radical (unpaired) electrons. The van der Waals surface area contributed by atoms with Gasteiger partial charge in [-0.3, -0.25) is 9.59 Å². The summed E-state index contributed by atoms with van der Waals surface area (Å²) < 4.78 is 21.2. The summed E-state index contributed by atoms with van der Waals surface area (Å²) in [5.74, 6) is -0.984. The van der Waals surface area contributed by atoms with Gasteiger partial charge in [0, 0.05) is 28.5 Å². The minimum Gasteiger partial charge on any atom is -0.493 e. The fourth-order valence-corrected chi connectivity index (χ4v) is 5.01. The number of aromatic amines is 1. The molecule has 0 bridgehead atoms. The average Bonchev–Trinajstić information content (AvgIpc) is 3.42. The Morgan fingerprint density at radius 2 is 1.49 bits per heavy atom. The topological polar surface area (TPSA) is 128 Å². The number of carbonyl (C=O) groups excluding carboxylic acids is 3. The van der Waals surface area contributed by atoms with Crippen LogP contribution >= 0.6 is 23.2 Å². The molecule has 228 valence electrons. The number of hydrogen-bond acceptors (Lipinski definition) is 8. The second-order valence-electron chi connectivity index (χ2n) is 9.48. The number of nitrogens with zero attached hydrogens (tertiary/aromatic N) is 1. The van der Waals surface area contributed by atoms with Crippen LogP contribution in [0.1, 0.15) is 33.3 Å². The molecular weight excluding hydrogens is 621 g/mol. The molecule has 0 aliphatic rings.